The number of ether oxygens (including phenoxy) is 2. The first-order valence-corrected chi connectivity index (χ1v) is 13.0. The number of hydrogen-bond acceptors (Lipinski definition) is 7. The van der Waals surface area contributed by atoms with E-state index >= 15 is 0 Å². The summed E-state index contributed by atoms with van der Waals surface area (Å²) in [7, 11) is 0. The van der Waals surface area contributed by atoms with Crippen LogP contribution in [0, 0.1) is 23.7 Å². The van der Waals surface area contributed by atoms with E-state index < -0.39 is 48.1 Å². The van der Waals surface area contributed by atoms with E-state index in [9.17, 15) is 19.2 Å². The minimum absolute atomic E-state index is 0.0518. The normalized spacial score (nSPS) is 32.5. The fourth-order valence-electron chi connectivity index (χ4n) is 5.99. The first-order valence-electron chi connectivity index (χ1n) is 13.0. The zero-order valence-electron chi connectivity index (χ0n) is 21.8. The summed E-state index contributed by atoms with van der Waals surface area (Å²) in [6, 6.07) is 9.29. The summed E-state index contributed by atoms with van der Waals surface area (Å²) in [4.78, 5) is 59.0. The smallest absolute Gasteiger partial charge is 0.236 e. The molecule has 4 heterocycles. The monoisotopic (exact) mass is 545 g/mol. The van der Waals surface area contributed by atoms with E-state index in [0.29, 0.717) is 0 Å². The number of carbonyl (C=O) groups excluding carboxylic acids is 4. The molecule has 0 radical (unpaired) electrons. The van der Waals surface area contributed by atoms with Crippen LogP contribution in [0.15, 0.2) is 78.5 Å². The molecule has 0 bridgehead atoms. The van der Waals surface area contributed by atoms with E-state index in [0.717, 1.165) is 10.5 Å². The molecule has 4 N–H and O–H groups in total. The third-order valence-electron chi connectivity index (χ3n) is 7.81. The third-order valence-corrected chi connectivity index (χ3v) is 7.81. The lowest BCUT2D eigenvalue weighted by Crippen LogP contribution is -2.37. The molecule has 11 heteroatoms. The number of hydrogen-bond donors (Lipinski definition) is 2. The van der Waals surface area contributed by atoms with E-state index in [1.54, 1.807) is 12.2 Å². The predicted molar refractivity (Wildman–Crippen MR) is 144 cm³/mol. The average Bonchev–Trinajstić information content (AvgIpc) is 3.63. The van der Waals surface area contributed by atoms with Crippen LogP contribution in [0.5, 0.6) is 0 Å². The second-order valence-corrected chi connectivity index (χ2v) is 10.1. The van der Waals surface area contributed by atoms with Gasteiger partial charge in [0.05, 0.1) is 61.2 Å². The van der Waals surface area contributed by atoms with Gasteiger partial charge in [-0.3, -0.25) is 34.0 Å². The molecule has 5 rings (SSSR count). The van der Waals surface area contributed by atoms with Crippen molar-refractivity contribution in [3.05, 3.63) is 79.1 Å². The fourth-order valence-corrected chi connectivity index (χ4v) is 5.99. The van der Waals surface area contributed by atoms with Crippen molar-refractivity contribution in [1.82, 2.24) is 9.80 Å². The van der Waals surface area contributed by atoms with Gasteiger partial charge in [0.1, 0.15) is 0 Å². The Kier molecular flexibility index (Phi) is 7.53. The molecule has 4 fully saturated rings. The van der Waals surface area contributed by atoms with Crippen molar-refractivity contribution < 1.29 is 28.7 Å². The van der Waals surface area contributed by atoms with Gasteiger partial charge >= 0.3 is 0 Å². The average molecular weight is 546 g/mol. The Morgan fingerprint density at radius 2 is 1.27 bits per heavy atom. The third kappa shape index (κ3) is 4.68. The Morgan fingerprint density at radius 1 is 0.800 bits per heavy atom. The van der Waals surface area contributed by atoms with Crippen molar-refractivity contribution in [2.24, 2.45) is 40.1 Å². The van der Waals surface area contributed by atoms with Crippen molar-refractivity contribution in [3.63, 3.8) is 0 Å². The summed E-state index contributed by atoms with van der Waals surface area (Å²) in [6.45, 7) is 7.86. The van der Waals surface area contributed by atoms with Gasteiger partial charge in [-0.25, -0.2) is 0 Å². The summed E-state index contributed by atoms with van der Waals surface area (Å²) in [5.41, 5.74) is 14.6. The van der Waals surface area contributed by atoms with E-state index in [4.69, 9.17) is 20.9 Å². The molecule has 8 unspecified atom stereocenters. The number of nitrogens with zero attached hydrogens (tertiary/aromatic N) is 3. The molecule has 8 atom stereocenters. The summed E-state index contributed by atoms with van der Waals surface area (Å²) in [6.07, 6.45) is 3.38. The number of rotatable bonds is 9. The molecule has 0 saturated carbocycles. The Bertz CT molecular complexity index is 1330. The molecular formula is C29H31N5O6. The van der Waals surface area contributed by atoms with Gasteiger partial charge in [0.15, 0.2) is 5.96 Å². The van der Waals surface area contributed by atoms with Gasteiger partial charge in [0, 0.05) is 6.54 Å². The quantitative estimate of drug-likeness (QED) is 0.147. The van der Waals surface area contributed by atoms with Gasteiger partial charge in [-0.05, 0) is 17.7 Å². The van der Waals surface area contributed by atoms with Crippen LogP contribution in [-0.2, 0) is 35.2 Å². The van der Waals surface area contributed by atoms with Crippen LogP contribution in [0.25, 0.3) is 0 Å². The highest BCUT2D eigenvalue weighted by atomic mass is 16.5. The lowest BCUT2D eigenvalue weighted by atomic mass is 9.88. The van der Waals surface area contributed by atoms with E-state index in [2.05, 4.69) is 23.9 Å². The highest BCUT2D eigenvalue weighted by Crippen LogP contribution is 2.43. The van der Waals surface area contributed by atoms with Gasteiger partial charge in [0.25, 0.3) is 0 Å². The lowest BCUT2D eigenvalue weighted by molar-refractivity contribution is -0.144. The minimum atomic E-state index is -0.759. The van der Waals surface area contributed by atoms with Crippen LogP contribution >= 0.6 is 0 Å². The first-order chi connectivity index (χ1) is 19.3. The number of carbonyl (C=O) groups is 4. The SMILES string of the molecule is C=CC1OC(C=C=CC2OC(C=C)C3C(=O)N(Cc4ccccc4)C(=O)C23)C2C(=O)N(CCN=C(N)N)C(=O)C12. The minimum Gasteiger partial charge on any atom is -0.370 e. The second kappa shape index (κ2) is 11.1. The molecule has 40 heavy (non-hydrogen) atoms. The zero-order valence-corrected chi connectivity index (χ0v) is 21.8. The number of aliphatic imine (C=N–C) groups is 1. The number of likely N-dealkylation sites (tertiary alicyclic amines) is 2. The maximum atomic E-state index is 13.4. The van der Waals surface area contributed by atoms with Crippen molar-refractivity contribution in [3.8, 4) is 0 Å². The molecule has 0 aliphatic carbocycles. The molecule has 4 aliphatic heterocycles. The first kappa shape index (κ1) is 27.3. The van der Waals surface area contributed by atoms with Gasteiger partial charge in [-0.2, -0.15) is 0 Å². The highest BCUT2D eigenvalue weighted by Gasteiger charge is 2.59. The maximum Gasteiger partial charge on any atom is 0.236 e. The molecule has 0 spiro atoms. The Morgan fingerprint density at radius 3 is 1.75 bits per heavy atom. The molecular weight excluding hydrogens is 514 g/mol. The molecule has 11 nitrogen and oxygen atoms in total. The van der Waals surface area contributed by atoms with Crippen LogP contribution in [0.1, 0.15) is 5.56 Å². The number of fused-ring (bicyclic) bond motifs is 2. The topological polar surface area (TPSA) is 158 Å². The molecule has 208 valence electrons. The molecule has 1 aromatic rings. The summed E-state index contributed by atoms with van der Waals surface area (Å²) in [5, 5.41) is 0. The number of benzene rings is 1. The van der Waals surface area contributed by atoms with Crippen LogP contribution < -0.4 is 11.5 Å². The summed E-state index contributed by atoms with van der Waals surface area (Å²) < 4.78 is 11.9. The Balaban J connectivity index is 1.34. The summed E-state index contributed by atoms with van der Waals surface area (Å²) in [5.74, 6) is -4.37. The number of nitrogens with two attached hydrogens (primary N) is 2. The Hall–Kier alpha value is -4.31. The molecule has 0 aromatic heterocycles. The van der Waals surface area contributed by atoms with Gasteiger partial charge in [-0.15, -0.1) is 18.9 Å². The van der Waals surface area contributed by atoms with Crippen molar-refractivity contribution in [2.75, 3.05) is 13.1 Å². The number of guanidine groups is 1. The van der Waals surface area contributed by atoms with Crippen LogP contribution in [0.3, 0.4) is 0 Å². The second-order valence-electron chi connectivity index (χ2n) is 10.1. The van der Waals surface area contributed by atoms with Crippen LogP contribution in [0.4, 0.5) is 0 Å². The molecule has 4 amide bonds. The van der Waals surface area contributed by atoms with Gasteiger partial charge < -0.3 is 20.9 Å². The largest absolute Gasteiger partial charge is 0.370 e. The van der Waals surface area contributed by atoms with Crippen LogP contribution in [0.2, 0.25) is 0 Å². The highest BCUT2D eigenvalue weighted by molar-refractivity contribution is 6.07. The van der Waals surface area contributed by atoms with E-state index in [-0.39, 0.29) is 49.2 Å². The molecule has 4 saturated heterocycles. The van der Waals surface area contributed by atoms with Crippen molar-refractivity contribution in [1.29, 1.82) is 0 Å². The lowest BCUT2D eigenvalue weighted by Gasteiger charge is -2.19. The maximum absolute atomic E-state index is 13.4. The number of imide groups is 2. The Labute approximate surface area is 231 Å². The fraction of sp³-hybridized carbons (Fsp3) is 0.379. The number of amides is 4. The van der Waals surface area contributed by atoms with E-state index in [1.807, 2.05) is 30.3 Å². The van der Waals surface area contributed by atoms with E-state index in [1.165, 1.54) is 17.1 Å². The van der Waals surface area contributed by atoms with Crippen LogP contribution in [-0.4, -0.2) is 76.9 Å². The van der Waals surface area contributed by atoms with Crippen molar-refractivity contribution >= 4 is 29.6 Å². The molecule has 1 aromatic carbocycles. The standard InChI is InChI=1S/C29H31N5O6/c1-3-17-21-23(26(36)33(25(21)35)14-13-32-29(30)31)19(39-17)11-8-12-20-24-22(18(4-2)40-20)27(37)34(28(24)38)15-16-9-6-5-7-10-16/h3-7,9-12,17-24H,1-2,13-15H2,(H4,30,31,32). The predicted octanol–water partition coefficient (Wildman–Crippen LogP) is 0.281. The van der Waals surface area contributed by atoms with Gasteiger partial charge in [0.2, 0.25) is 23.6 Å². The zero-order chi connectivity index (χ0) is 28.6. The summed E-state index contributed by atoms with van der Waals surface area (Å²) >= 11 is 0. The van der Waals surface area contributed by atoms with Crippen molar-refractivity contribution in [2.45, 2.75) is 31.0 Å². The molecule has 4 aliphatic rings. The van der Waals surface area contributed by atoms with Gasteiger partial charge in [-0.1, -0.05) is 42.5 Å².